The average Bonchev–Trinajstić information content (AvgIpc) is 3.54. The minimum absolute atomic E-state index is 0.0566. The number of piperazine rings is 1. The van der Waals surface area contributed by atoms with Gasteiger partial charge in [-0.2, -0.15) is 23.4 Å². The Bertz CT molecular complexity index is 1710. The van der Waals surface area contributed by atoms with E-state index in [1.54, 1.807) is 17.0 Å². The summed E-state index contributed by atoms with van der Waals surface area (Å²) in [5.41, 5.74) is 1.80. The van der Waals surface area contributed by atoms with Crippen LogP contribution in [0.4, 0.5) is 13.2 Å². The van der Waals surface area contributed by atoms with Gasteiger partial charge in [-0.15, -0.1) is 0 Å². The molecule has 0 radical (unpaired) electrons. The molecule has 40 heavy (non-hydrogen) atoms. The first-order valence-electron chi connectivity index (χ1n) is 13.2. The largest absolute Gasteiger partial charge is 0.433 e. The van der Waals surface area contributed by atoms with Crippen LogP contribution in [-0.4, -0.2) is 66.3 Å². The van der Waals surface area contributed by atoms with Crippen molar-refractivity contribution in [1.82, 2.24) is 34.2 Å². The van der Waals surface area contributed by atoms with Crippen LogP contribution in [0.1, 0.15) is 34.2 Å². The maximum Gasteiger partial charge on any atom is 0.433 e. The zero-order valence-corrected chi connectivity index (χ0v) is 22.2. The molecule has 2 aromatic carbocycles. The average molecular weight is 548 g/mol. The summed E-state index contributed by atoms with van der Waals surface area (Å²) in [4.78, 5) is 22.1. The van der Waals surface area contributed by atoms with Gasteiger partial charge < -0.3 is 4.90 Å². The SMILES string of the molecule is CCn1cc(CN2CCN(C(=O)c3cnn4c(C(F)(F)F)cc(-c5cccc6ccccc56)nc34)CC2)c(C)n1. The van der Waals surface area contributed by atoms with E-state index in [9.17, 15) is 18.0 Å². The van der Waals surface area contributed by atoms with E-state index in [1.807, 2.05) is 55.1 Å². The van der Waals surface area contributed by atoms with Gasteiger partial charge in [0.15, 0.2) is 11.3 Å². The minimum atomic E-state index is -4.69. The number of hydrogen-bond donors (Lipinski definition) is 0. The number of nitrogens with zero attached hydrogens (tertiary/aromatic N) is 7. The number of aromatic nitrogens is 5. The lowest BCUT2D eigenvalue weighted by Crippen LogP contribution is -2.48. The van der Waals surface area contributed by atoms with E-state index in [1.165, 1.54) is 6.20 Å². The Balaban J connectivity index is 1.31. The van der Waals surface area contributed by atoms with Gasteiger partial charge in [-0.05, 0) is 30.7 Å². The van der Waals surface area contributed by atoms with Crippen molar-refractivity contribution in [2.75, 3.05) is 26.2 Å². The number of fused-ring (bicyclic) bond motifs is 2. The van der Waals surface area contributed by atoms with Gasteiger partial charge in [0, 0.05) is 56.6 Å². The van der Waals surface area contributed by atoms with Crippen molar-refractivity contribution in [1.29, 1.82) is 0 Å². The van der Waals surface area contributed by atoms with E-state index in [0.717, 1.165) is 45.7 Å². The van der Waals surface area contributed by atoms with E-state index in [0.29, 0.717) is 31.7 Å². The van der Waals surface area contributed by atoms with E-state index < -0.39 is 11.9 Å². The third-order valence-corrected chi connectivity index (χ3v) is 7.48. The second-order valence-corrected chi connectivity index (χ2v) is 10.0. The first-order chi connectivity index (χ1) is 19.2. The van der Waals surface area contributed by atoms with Crippen LogP contribution in [0, 0.1) is 6.92 Å². The Labute approximate surface area is 228 Å². The molecule has 3 aromatic heterocycles. The number of amides is 1. The molecule has 8 nitrogen and oxygen atoms in total. The molecule has 4 heterocycles. The zero-order chi connectivity index (χ0) is 28.0. The number of hydrogen-bond acceptors (Lipinski definition) is 5. The van der Waals surface area contributed by atoms with Gasteiger partial charge in [0.2, 0.25) is 0 Å². The molecule has 1 aliphatic rings. The molecule has 0 unspecified atom stereocenters. The molecule has 0 spiro atoms. The van der Waals surface area contributed by atoms with E-state index >= 15 is 0 Å². The van der Waals surface area contributed by atoms with Crippen molar-refractivity contribution in [2.45, 2.75) is 33.1 Å². The third kappa shape index (κ3) is 4.70. The van der Waals surface area contributed by atoms with Gasteiger partial charge in [-0.3, -0.25) is 14.4 Å². The van der Waals surface area contributed by atoms with Crippen LogP contribution in [0.15, 0.2) is 60.9 Å². The molecule has 0 bridgehead atoms. The standard InChI is InChI=1S/C29H28F3N7O/c1-3-38-18-21(19(2)35-38)17-36-11-13-37(14-12-36)28(40)24-16-33-39-26(29(30,31)32)15-25(34-27(24)39)23-10-6-8-20-7-4-5-9-22(20)23/h4-10,15-16,18H,3,11-14,17H2,1-2H3. The Morgan fingerprint density at radius 2 is 1.77 bits per heavy atom. The molecule has 1 saturated heterocycles. The fourth-order valence-corrected chi connectivity index (χ4v) is 5.30. The highest BCUT2D eigenvalue weighted by molar-refractivity contribution is 6.01. The summed E-state index contributed by atoms with van der Waals surface area (Å²) in [7, 11) is 0. The number of alkyl halides is 3. The zero-order valence-electron chi connectivity index (χ0n) is 22.2. The monoisotopic (exact) mass is 547 g/mol. The quantitative estimate of drug-likeness (QED) is 0.308. The molecule has 206 valence electrons. The lowest BCUT2D eigenvalue weighted by Gasteiger charge is -2.34. The van der Waals surface area contributed by atoms with E-state index in [2.05, 4.69) is 20.1 Å². The predicted octanol–water partition coefficient (Wildman–Crippen LogP) is 5.05. The number of carbonyl (C=O) groups excluding carboxylic acids is 1. The first-order valence-corrected chi connectivity index (χ1v) is 13.2. The van der Waals surface area contributed by atoms with Gasteiger partial charge in [0.05, 0.1) is 17.6 Å². The number of rotatable bonds is 5. The molecule has 1 fully saturated rings. The van der Waals surface area contributed by atoms with Crippen LogP contribution >= 0.6 is 0 Å². The molecule has 11 heteroatoms. The Hall–Kier alpha value is -4.25. The van der Waals surface area contributed by atoms with Crippen LogP contribution < -0.4 is 0 Å². The Kier molecular flexibility index (Phi) is 6.53. The topological polar surface area (TPSA) is 71.6 Å². The van der Waals surface area contributed by atoms with E-state index in [4.69, 9.17) is 0 Å². The summed E-state index contributed by atoms with van der Waals surface area (Å²) in [6.45, 7) is 7.75. The summed E-state index contributed by atoms with van der Waals surface area (Å²) in [6.07, 6.45) is -1.45. The lowest BCUT2D eigenvalue weighted by molar-refractivity contribution is -0.142. The number of halogens is 3. The third-order valence-electron chi connectivity index (χ3n) is 7.48. The highest BCUT2D eigenvalue weighted by Gasteiger charge is 2.36. The molecular formula is C29H28F3N7O. The smallest absolute Gasteiger partial charge is 0.336 e. The summed E-state index contributed by atoms with van der Waals surface area (Å²) in [5.74, 6) is -0.375. The number of carbonyl (C=O) groups is 1. The van der Waals surface area contributed by atoms with Gasteiger partial charge in [-0.25, -0.2) is 9.50 Å². The first kappa shape index (κ1) is 26.0. The van der Waals surface area contributed by atoms with Gasteiger partial charge in [-0.1, -0.05) is 42.5 Å². The maximum absolute atomic E-state index is 14.2. The molecule has 0 saturated carbocycles. The Morgan fingerprint density at radius 1 is 1.02 bits per heavy atom. The van der Waals surface area contributed by atoms with Gasteiger partial charge in [0.25, 0.3) is 5.91 Å². The van der Waals surface area contributed by atoms with Crippen molar-refractivity contribution in [2.24, 2.45) is 0 Å². The van der Waals surface area contributed by atoms with Gasteiger partial charge >= 0.3 is 6.18 Å². The maximum atomic E-state index is 14.2. The Morgan fingerprint density at radius 3 is 2.50 bits per heavy atom. The van der Waals surface area contributed by atoms with Crippen molar-refractivity contribution in [3.63, 3.8) is 0 Å². The number of aryl methyl sites for hydroxylation is 2. The summed E-state index contributed by atoms with van der Waals surface area (Å²) in [6, 6.07) is 13.9. The molecule has 5 aromatic rings. The molecule has 6 rings (SSSR count). The van der Waals surface area contributed by atoms with Gasteiger partial charge in [0.1, 0.15) is 5.56 Å². The molecule has 0 aliphatic carbocycles. The van der Waals surface area contributed by atoms with Crippen LogP contribution in [0.3, 0.4) is 0 Å². The summed E-state index contributed by atoms with van der Waals surface area (Å²) >= 11 is 0. The summed E-state index contributed by atoms with van der Waals surface area (Å²) in [5, 5.41) is 10.1. The molecule has 1 aliphatic heterocycles. The van der Waals surface area contributed by atoms with Crippen molar-refractivity contribution in [3.8, 4) is 11.3 Å². The highest BCUT2D eigenvalue weighted by Crippen LogP contribution is 2.35. The molecule has 1 amide bonds. The predicted molar refractivity (Wildman–Crippen MR) is 145 cm³/mol. The van der Waals surface area contributed by atoms with E-state index in [-0.39, 0.29) is 22.8 Å². The fraction of sp³-hybridized carbons (Fsp3) is 0.310. The highest BCUT2D eigenvalue weighted by atomic mass is 19.4. The lowest BCUT2D eigenvalue weighted by atomic mass is 10.0. The van der Waals surface area contributed by atoms with Crippen LogP contribution in [0.25, 0.3) is 27.7 Å². The van der Waals surface area contributed by atoms with Crippen LogP contribution in [0.2, 0.25) is 0 Å². The second-order valence-electron chi connectivity index (χ2n) is 10.0. The van der Waals surface area contributed by atoms with Crippen molar-refractivity contribution in [3.05, 3.63) is 83.4 Å². The van der Waals surface area contributed by atoms with Crippen LogP contribution in [0.5, 0.6) is 0 Å². The molecule has 0 atom stereocenters. The normalized spacial score (nSPS) is 14.9. The number of benzene rings is 2. The fourth-order valence-electron chi connectivity index (χ4n) is 5.30. The van der Waals surface area contributed by atoms with Crippen LogP contribution in [-0.2, 0) is 19.3 Å². The summed E-state index contributed by atoms with van der Waals surface area (Å²) < 4.78 is 45.2. The van der Waals surface area contributed by atoms with Crippen molar-refractivity contribution >= 4 is 22.3 Å². The molecular weight excluding hydrogens is 519 g/mol. The minimum Gasteiger partial charge on any atom is -0.336 e. The molecule has 0 N–H and O–H groups in total. The van der Waals surface area contributed by atoms with Crippen molar-refractivity contribution < 1.29 is 18.0 Å². The second kappa shape index (κ2) is 10.1.